The van der Waals surface area contributed by atoms with Crippen molar-refractivity contribution in [3.63, 3.8) is 0 Å². The first-order valence-electron chi connectivity index (χ1n) is 13.0. The fraction of sp³-hybridized carbons (Fsp3) is 0.917. The lowest BCUT2D eigenvalue weighted by molar-refractivity contribution is -0.143. The number of carbonyl (C=O) groups is 2. The van der Waals surface area contributed by atoms with Crippen molar-refractivity contribution in [3.05, 3.63) is 0 Å². The number of hydrogen-bond acceptors (Lipinski definition) is 12. The molecule has 0 saturated heterocycles. The number of rotatable bonds is 33. The molecule has 0 saturated carbocycles. The van der Waals surface area contributed by atoms with E-state index in [0.717, 1.165) is 0 Å². The molecule has 1 amide bonds. The Morgan fingerprint density at radius 2 is 0.769 bits per heavy atom. The molecule has 0 aliphatic carbocycles. The monoisotopic (exact) mass is 591 g/mol. The van der Waals surface area contributed by atoms with Crippen LogP contribution in [-0.2, 0) is 57.0 Å². The van der Waals surface area contributed by atoms with E-state index in [1.54, 1.807) is 0 Å². The van der Waals surface area contributed by atoms with E-state index in [2.05, 4.69) is 10.1 Å². The molecule has 0 rings (SSSR count). The van der Waals surface area contributed by atoms with E-state index in [4.69, 9.17) is 59.3 Å². The summed E-state index contributed by atoms with van der Waals surface area (Å²) in [5, 5.41) is 10.9. The maximum absolute atomic E-state index is 11.3. The Kier molecular flexibility index (Phi) is 32.0. The van der Waals surface area contributed by atoms with Gasteiger partial charge in [-0.1, -0.05) is 0 Å². The van der Waals surface area contributed by atoms with Crippen LogP contribution < -0.4 is 5.32 Å². The first-order chi connectivity index (χ1) is 19.2. The number of carboxylic acids is 1. The van der Waals surface area contributed by atoms with Gasteiger partial charge in [-0.15, -0.1) is 11.6 Å². The van der Waals surface area contributed by atoms with Crippen LogP contribution in [-0.4, -0.2) is 162 Å². The van der Waals surface area contributed by atoms with Gasteiger partial charge in [0.25, 0.3) is 0 Å². The van der Waals surface area contributed by atoms with Gasteiger partial charge >= 0.3 is 5.97 Å². The highest BCUT2D eigenvalue weighted by molar-refractivity contribution is 6.17. The van der Waals surface area contributed by atoms with Gasteiger partial charge in [-0.2, -0.15) is 0 Å². The molecule has 0 spiro atoms. The Balaban J connectivity index is 3.08. The van der Waals surface area contributed by atoms with Crippen LogP contribution in [0, 0.1) is 0 Å². The molecule has 2 N–H and O–H groups in total. The van der Waals surface area contributed by atoms with Crippen LogP contribution in [0.5, 0.6) is 0 Å². The lowest BCUT2D eigenvalue weighted by Gasteiger charge is -2.09. The molecule has 0 aromatic heterocycles. The van der Waals surface area contributed by atoms with Gasteiger partial charge < -0.3 is 57.8 Å². The van der Waals surface area contributed by atoms with E-state index >= 15 is 0 Å². The van der Waals surface area contributed by atoms with E-state index in [-0.39, 0.29) is 6.61 Å². The Morgan fingerprint density at radius 1 is 0.462 bits per heavy atom. The molecule has 0 heterocycles. The van der Waals surface area contributed by atoms with Crippen molar-refractivity contribution < 1.29 is 62.1 Å². The summed E-state index contributed by atoms with van der Waals surface area (Å²) in [4.78, 5) is 21.6. The minimum Gasteiger partial charge on any atom is -0.480 e. The maximum atomic E-state index is 11.3. The molecular weight excluding hydrogens is 546 g/mol. The second-order valence-corrected chi connectivity index (χ2v) is 7.81. The van der Waals surface area contributed by atoms with Crippen molar-refractivity contribution in [1.29, 1.82) is 0 Å². The van der Waals surface area contributed by atoms with Crippen molar-refractivity contribution in [1.82, 2.24) is 5.32 Å². The summed E-state index contributed by atoms with van der Waals surface area (Å²) < 4.78 is 52.9. The molecule has 0 atom stereocenters. The molecule has 0 aliphatic heterocycles. The van der Waals surface area contributed by atoms with Crippen LogP contribution in [0.4, 0.5) is 0 Å². The van der Waals surface area contributed by atoms with Gasteiger partial charge in [0.05, 0.1) is 119 Å². The maximum Gasteiger partial charge on any atom is 0.329 e. The summed E-state index contributed by atoms with van der Waals surface area (Å²) in [7, 11) is 0. The van der Waals surface area contributed by atoms with Gasteiger partial charge in [-0.05, 0) is 0 Å². The quantitative estimate of drug-likeness (QED) is 0.0750. The van der Waals surface area contributed by atoms with Gasteiger partial charge in [0.2, 0.25) is 5.91 Å². The lowest BCUT2D eigenvalue weighted by Crippen LogP contribution is -2.31. The minimum absolute atomic E-state index is 0.299. The molecule has 0 fully saturated rings. The van der Waals surface area contributed by atoms with Crippen LogP contribution in [0.3, 0.4) is 0 Å². The predicted molar refractivity (Wildman–Crippen MR) is 140 cm³/mol. The first kappa shape index (κ1) is 37.8. The van der Waals surface area contributed by atoms with E-state index in [1.165, 1.54) is 0 Å². The minimum atomic E-state index is -1.12. The molecule has 0 aromatic rings. The van der Waals surface area contributed by atoms with E-state index in [9.17, 15) is 9.59 Å². The predicted octanol–water partition coefficient (Wildman–Crippen LogP) is -0.408. The Bertz CT molecular complexity index is 534. The third-order valence-electron chi connectivity index (χ3n) is 4.22. The number of halogens is 1. The lowest BCUT2D eigenvalue weighted by atomic mass is 10.6. The number of carbonyl (C=O) groups excluding carboxylic acids is 1. The van der Waals surface area contributed by atoms with Crippen molar-refractivity contribution in [2.24, 2.45) is 0 Å². The highest BCUT2D eigenvalue weighted by Gasteiger charge is 2.03. The molecule has 15 heteroatoms. The van der Waals surface area contributed by atoms with Crippen LogP contribution in [0.1, 0.15) is 0 Å². The molecule has 0 aromatic carbocycles. The Labute approximate surface area is 235 Å². The summed E-state index contributed by atoms with van der Waals surface area (Å²) in [5.41, 5.74) is 0. The molecule has 14 nitrogen and oxygen atoms in total. The summed E-state index contributed by atoms with van der Waals surface area (Å²) in [5.74, 6) is -1.03. The topological polar surface area (TPSA) is 159 Å². The summed E-state index contributed by atoms with van der Waals surface area (Å²) in [6.45, 7) is 8.02. The zero-order chi connectivity index (χ0) is 28.5. The van der Waals surface area contributed by atoms with Gasteiger partial charge in [0.1, 0.15) is 13.2 Å². The van der Waals surface area contributed by atoms with Gasteiger partial charge in [-0.25, -0.2) is 4.79 Å². The number of amides is 1. The summed E-state index contributed by atoms with van der Waals surface area (Å²) in [6, 6.07) is 0. The molecule has 0 bridgehead atoms. The SMILES string of the molecule is O=C(O)COCC(=O)NCCOCCOCCOCCOCCOCCOCCOCCOCCOCCCl. The average molecular weight is 592 g/mol. The number of ether oxygens (including phenoxy) is 10. The average Bonchev–Trinajstić information content (AvgIpc) is 2.92. The van der Waals surface area contributed by atoms with Crippen LogP contribution in [0.2, 0.25) is 0 Å². The van der Waals surface area contributed by atoms with Crippen LogP contribution in [0.15, 0.2) is 0 Å². The largest absolute Gasteiger partial charge is 0.480 e. The Hall–Kier alpha value is -1.17. The molecule has 0 radical (unpaired) electrons. The third kappa shape index (κ3) is 34.8. The van der Waals surface area contributed by atoms with Crippen molar-refractivity contribution in [2.75, 3.05) is 145 Å². The van der Waals surface area contributed by atoms with E-state index < -0.39 is 18.5 Å². The van der Waals surface area contributed by atoms with E-state index in [0.29, 0.717) is 131 Å². The highest BCUT2D eigenvalue weighted by atomic mass is 35.5. The molecule has 0 unspecified atom stereocenters. The number of hydrogen-bond donors (Lipinski definition) is 2. The van der Waals surface area contributed by atoms with Gasteiger partial charge in [-0.3, -0.25) is 4.79 Å². The highest BCUT2D eigenvalue weighted by Crippen LogP contribution is 1.86. The van der Waals surface area contributed by atoms with Crippen molar-refractivity contribution in [3.8, 4) is 0 Å². The van der Waals surface area contributed by atoms with Crippen molar-refractivity contribution >= 4 is 23.5 Å². The second kappa shape index (κ2) is 33.0. The number of carboxylic acid groups (broad SMARTS) is 1. The fourth-order valence-corrected chi connectivity index (χ4v) is 2.57. The first-order valence-corrected chi connectivity index (χ1v) is 13.5. The smallest absolute Gasteiger partial charge is 0.329 e. The zero-order valence-corrected chi connectivity index (χ0v) is 23.5. The van der Waals surface area contributed by atoms with Crippen LogP contribution in [0.25, 0.3) is 0 Å². The number of aliphatic carboxylic acids is 1. The zero-order valence-electron chi connectivity index (χ0n) is 22.8. The number of alkyl halides is 1. The fourth-order valence-electron chi connectivity index (χ4n) is 2.46. The van der Waals surface area contributed by atoms with Gasteiger partial charge in [0.15, 0.2) is 0 Å². The standard InChI is InChI=1S/C24H46ClNO13/c25-1-3-30-5-7-32-9-11-34-13-15-36-17-19-38-20-18-37-16-14-35-12-10-33-8-6-31-4-2-26-23(27)21-39-22-24(28)29/h1-22H2,(H,26,27)(H,28,29). The van der Waals surface area contributed by atoms with Crippen molar-refractivity contribution in [2.45, 2.75) is 0 Å². The molecule has 0 aliphatic rings. The normalized spacial score (nSPS) is 11.2. The second-order valence-electron chi connectivity index (χ2n) is 7.44. The van der Waals surface area contributed by atoms with Crippen LogP contribution >= 0.6 is 11.6 Å². The Morgan fingerprint density at radius 3 is 1.08 bits per heavy atom. The molecular formula is C24H46ClNO13. The molecule has 39 heavy (non-hydrogen) atoms. The molecule has 232 valence electrons. The van der Waals surface area contributed by atoms with E-state index in [1.807, 2.05) is 0 Å². The third-order valence-corrected chi connectivity index (χ3v) is 4.38. The summed E-state index contributed by atoms with van der Waals surface area (Å²) in [6.07, 6.45) is 0. The van der Waals surface area contributed by atoms with Gasteiger partial charge in [0, 0.05) is 12.4 Å². The summed E-state index contributed by atoms with van der Waals surface area (Å²) >= 11 is 5.49. The number of nitrogens with one attached hydrogen (secondary N) is 1.